The zero-order valence-corrected chi connectivity index (χ0v) is 16.0. The summed E-state index contributed by atoms with van der Waals surface area (Å²) in [5.41, 5.74) is 1.40. The van der Waals surface area contributed by atoms with Gasteiger partial charge in [-0.15, -0.1) is 0 Å². The van der Waals surface area contributed by atoms with E-state index in [2.05, 4.69) is 20.0 Å². The second kappa shape index (κ2) is 6.94. The van der Waals surface area contributed by atoms with Crippen LogP contribution in [0.15, 0.2) is 52.2 Å². The molecule has 150 valence electrons. The normalized spacial score (nSPS) is 11.3. The van der Waals surface area contributed by atoms with E-state index >= 15 is 0 Å². The van der Waals surface area contributed by atoms with Crippen LogP contribution >= 0.6 is 0 Å². The third-order valence-electron chi connectivity index (χ3n) is 4.09. The van der Waals surface area contributed by atoms with E-state index in [-0.39, 0.29) is 28.4 Å². The average molecular weight is 425 g/mol. The lowest BCUT2D eigenvalue weighted by molar-refractivity contribution is -0.384. The maximum atomic E-state index is 12.8. The Morgan fingerprint density at radius 3 is 2.67 bits per heavy atom. The van der Waals surface area contributed by atoms with E-state index in [1.54, 1.807) is 6.92 Å². The number of rotatable bonds is 5. The van der Waals surface area contributed by atoms with Crippen LogP contribution in [0.1, 0.15) is 11.3 Å². The second-order valence-electron chi connectivity index (χ2n) is 6.13. The molecule has 0 saturated heterocycles. The van der Waals surface area contributed by atoms with Crippen LogP contribution in [0.2, 0.25) is 0 Å². The Labute approximate surface area is 168 Å². The maximum absolute atomic E-state index is 12.8. The van der Waals surface area contributed by atoms with Gasteiger partial charge in [0.25, 0.3) is 20.8 Å². The number of sulfonamides is 1. The molecule has 13 heteroatoms. The van der Waals surface area contributed by atoms with E-state index in [1.165, 1.54) is 47.1 Å². The van der Waals surface area contributed by atoms with Gasteiger partial charge in [-0.3, -0.25) is 14.8 Å². The molecule has 0 aliphatic carbocycles. The number of hydrogen-bond acceptors (Lipinski definition) is 9. The molecule has 0 atom stereocenters. The summed E-state index contributed by atoms with van der Waals surface area (Å²) in [5.74, 6) is 0.0623. The first-order valence-electron chi connectivity index (χ1n) is 8.28. The number of aromatic nitrogens is 4. The van der Waals surface area contributed by atoms with Gasteiger partial charge in [0.15, 0.2) is 5.65 Å². The van der Waals surface area contributed by atoms with Gasteiger partial charge in [0, 0.05) is 35.5 Å². The molecule has 3 aromatic heterocycles. The minimum absolute atomic E-state index is 0.0623. The summed E-state index contributed by atoms with van der Waals surface area (Å²) in [7, 11) is -4.19. The molecule has 1 N–H and O–H groups in total. The Balaban J connectivity index is 1.67. The highest BCUT2D eigenvalue weighted by atomic mass is 32.2. The lowest BCUT2D eigenvalue weighted by Crippen LogP contribution is -2.15. The number of benzene rings is 1. The van der Waals surface area contributed by atoms with E-state index in [0.29, 0.717) is 11.3 Å². The van der Waals surface area contributed by atoms with Crippen molar-refractivity contribution < 1.29 is 17.9 Å². The van der Waals surface area contributed by atoms with Crippen molar-refractivity contribution in [2.24, 2.45) is 0 Å². The molecule has 4 rings (SSSR count). The first kappa shape index (κ1) is 19.0. The summed E-state index contributed by atoms with van der Waals surface area (Å²) in [6.45, 7) is 1.65. The van der Waals surface area contributed by atoms with Gasteiger partial charge in [-0.2, -0.15) is 23.3 Å². The van der Waals surface area contributed by atoms with Crippen molar-refractivity contribution in [1.82, 2.24) is 19.8 Å². The van der Waals surface area contributed by atoms with Crippen LogP contribution in [-0.4, -0.2) is 33.1 Å². The SMILES string of the molecule is Cc1cc(NS(=O)(=O)c2cc(-c3ccc([N+](=O)[O-])cc3)no2)n2ncc(C#N)c2n1. The standard InChI is InChI=1S/C17H11N7O5S/c1-10-6-15(23-17(20-10)12(8-18)9-19-23)22-30(27,28)16-7-14(21-29-16)11-2-4-13(5-3-11)24(25)26/h2-7,9,22H,1H3. The number of nitrogens with one attached hydrogen (secondary N) is 1. The topological polar surface area (TPSA) is 169 Å². The van der Waals surface area contributed by atoms with Crippen LogP contribution in [0.3, 0.4) is 0 Å². The van der Waals surface area contributed by atoms with Gasteiger partial charge in [0.1, 0.15) is 23.1 Å². The molecule has 0 amide bonds. The van der Waals surface area contributed by atoms with E-state index in [0.717, 1.165) is 0 Å². The molecule has 0 aliphatic heterocycles. The van der Waals surface area contributed by atoms with E-state index < -0.39 is 20.0 Å². The number of aryl methyl sites for hydroxylation is 1. The number of nitro groups is 1. The number of nitro benzene ring substituents is 1. The average Bonchev–Trinajstić information content (AvgIpc) is 3.35. The van der Waals surface area contributed by atoms with Crippen molar-refractivity contribution in [2.75, 3.05) is 4.72 Å². The minimum Gasteiger partial charge on any atom is -0.342 e. The number of nitriles is 1. The van der Waals surface area contributed by atoms with Crippen LogP contribution in [0, 0.1) is 28.4 Å². The first-order valence-corrected chi connectivity index (χ1v) is 9.76. The van der Waals surface area contributed by atoms with Crippen molar-refractivity contribution in [1.29, 1.82) is 5.26 Å². The highest BCUT2D eigenvalue weighted by Gasteiger charge is 2.23. The molecule has 30 heavy (non-hydrogen) atoms. The van der Waals surface area contributed by atoms with Gasteiger partial charge in [-0.05, 0) is 19.1 Å². The minimum atomic E-state index is -4.19. The van der Waals surface area contributed by atoms with Gasteiger partial charge < -0.3 is 4.52 Å². The van der Waals surface area contributed by atoms with Gasteiger partial charge >= 0.3 is 0 Å². The van der Waals surface area contributed by atoms with Gasteiger partial charge in [0.05, 0.1) is 11.1 Å². The predicted molar refractivity (Wildman–Crippen MR) is 102 cm³/mol. The number of non-ortho nitro benzene ring substituents is 1. The summed E-state index contributed by atoms with van der Waals surface area (Å²) in [6.07, 6.45) is 1.28. The van der Waals surface area contributed by atoms with Gasteiger partial charge in [-0.25, -0.2) is 4.98 Å². The Morgan fingerprint density at radius 1 is 1.27 bits per heavy atom. The van der Waals surface area contributed by atoms with E-state index in [4.69, 9.17) is 9.78 Å². The number of fused-ring (bicyclic) bond motifs is 1. The zero-order valence-electron chi connectivity index (χ0n) is 15.2. The Morgan fingerprint density at radius 2 is 2.00 bits per heavy atom. The molecule has 0 aliphatic rings. The molecule has 3 heterocycles. The fraction of sp³-hybridized carbons (Fsp3) is 0.0588. The Bertz CT molecular complexity index is 1430. The molecule has 4 aromatic rings. The summed E-state index contributed by atoms with van der Waals surface area (Å²) in [4.78, 5) is 14.4. The molecule has 0 unspecified atom stereocenters. The third-order valence-corrected chi connectivity index (χ3v) is 5.29. The smallest absolute Gasteiger partial charge is 0.299 e. The molecule has 0 bridgehead atoms. The first-order chi connectivity index (χ1) is 14.3. The zero-order chi connectivity index (χ0) is 21.5. The molecule has 1 aromatic carbocycles. The van der Waals surface area contributed by atoms with E-state index in [9.17, 15) is 18.5 Å². The lowest BCUT2D eigenvalue weighted by atomic mass is 10.1. The Kier molecular flexibility index (Phi) is 4.40. The molecule has 12 nitrogen and oxygen atoms in total. The fourth-order valence-corrected chi connectivity index (χ4v) is 3.62. The summed E-state index contributed by atoms with van der Waals surface area (Å²) < 4.78 is 34.0. The molecular formula is C17H11N7O5S. The van der Waals surface area contributed by atoms with Gasteiger partial charge in [-0.1, -0.05) is 5.16 Å². The van der Waals surface area contributed by atoms with Crippen LogP contribution < -0.4 is 4.72 Å². The Hall–Kier alpha value is -4.31. The maximum Gasteiger partial charge on any atom is 0.299 e. The lowest BCUT2D eigenvalue weighted by Gasteiger charge is -2.08. The second-order valence-corrected chi connectivity index (χ2v) is 7.74. The van der Waals surface area contributed by atoms with Crippen LogP contribution in [0.5, 0.6) is 0 Å². The van der Waals surface area contributed by atoms with E-state index in [1.807, 2.05) is 6.07 Å². The predicted octanol–water partition coefficient (Wildman–Crippen LogP) is 2.27. The van der Waals surface area contributed by atoms with Crippen molar-refractivity contribution >= 4 is 27.2 Å². The number of nitrogens with zero attached hydrogens (tertiary/aromatic N) is 6. The molecular weight excluding hydrogens is 414 g/mol. The number of hydrogen-bond donors (Lipinski definition) is 1. The van der Waals surface area contributed by atoms with Crippen molar-refractivity contribution in [3.63, 3.8) is 0 Å². The monoisotopic (exact) mass is 425 g/mol. The van der Waals surface area contributed by atoms with Crippen molar-refractivity contribution in [3.8, 4) is 17.3 Å². The van der Waals surface area contributed by atoms with Crippen LogP contribution in [0.25, 0.3) is 16.9 Å². The third kappa shape index (κ3) is 3.31. The number of anilines is 1. The highest BCUT2D eigenvalue weighted by molar-refractivity contribution is 7.92. The van der Waals surface area contributed by atoms with Crippen molar-refractivity contribution in [3.05, 3.63) is 64.0 Å². The van der Waals surface area contributed by atoms with Crippen LogP contribution in [-0.2, 0) is 10.0 Å². The van der Waals surface area contributed by atoms with Crippen molar-refractivity contribution in [2.45, 2.75) is 12.0 Å². The quantitative estimate of drug-likeness (QED) is 0.372. The summed E-state index contributed by atoms with van der Waals surface area (Å²) >= 11 is 0. The fourth-order valence-electron chi connectivity index (χ4n) is 2.70. The molecule has 0 fully saturated rings. The molecule has 0 radical (unpaired) electrons. The molecule has 0 saturated carbocycles. The summed E-state index contributed by atoms with van der Waals surface area (Å²) in [6, 6.07) is 10.00. The van der Waals surface area contributed by atoms with Gasteiger partial charge in [0.2, 0.25) is 0 Å². The highest BCUT2D eigenvalue weighted by Crippen LogP contribution is 2.25. The van der Waals surface area contributed by atoms with Crippen LogP contribution in [0.4, 0.5) is 11.5 Å². The molecule has 0 spiro atoms. The summed E-state index contributed by atoms with van der Waals surface area (Å²) in [5, 5.41) is 27.1. The largest absolute Gasteiger partial charge is 0.342 e.